The van der Waals surface area contributed by atoms with Crippen molar-refractivity contribution in [3.63, 3.8) is 0 Å². The highest BCUT2D eigenvalue weighted by Crippen LogP contribution is 2.29. The predicted octanol–water partition coefficient (Wildman–Crippen LogP) is 1.32. The van der Waals surface area contributed by atoms with Crippen LogP contribution in [0.2, 0.25) is 0 Å². The lowest BCUT2D eigenvalue weighted by molar-refractivity contribution is -0.150. The van der Waals surface area contributed by atoms with Crippen molar-refractivity contribution in [1.29, 1.82) is 0 Å². The SMILES string of the molecule is CC(=O)NC(C(=O)N1CCOC(C)(C)C1)C1CCCC1. The number of amides is 2. The maximum atomic E-state index is 12.8. The topological polar surface area (TPSA) is 58.6 Å². The molecule has 5 heteroatoms. The molecule has 0 aromatic heterocycles. The van der Waals surface area contributed by atoms with E-state index in [1.54, 1.807) is 0 Å². The molecule has 1 unspecified atom stereocenters. The molecular weight excluding hydrogens is 256 g/mol. The molecule has 1 aliphatic carbocycles. The number of hydrogen-bond acceptors (Lipinski definition) is 3. The molecule has 1 atom stereocenters. The van der Waals surface area contributed by atoms with Crippen LogP contribution in [-0.4, -0.2) is 48.1 Å². The van der Waals surface area contributed by atoms with E-state index < -0.39 is 0 Å². The van der Waals surface area contributed by atoms with Gasteiger partial charge in [-0.25, -0.2) is 0 Å². The fourth-order valence-corrected chi connectivity index (χ4v) is 3.29. The average Bonchev–Trinajstić information content (AvgIpc) is 2.87. The van der Waals surface area contributed by atoms with E-state index in [9.17, 15) is 9.59 Å². The van der Waals surface area contributed by atoms with E-state index in [0.29, 0.717) is 19.7 Å². The summed E-state index contributed by atoms with van der Waals surface area (Å²) in [6, 6.07) is -0.358. The Kier molecular flexibility index (Phi) is 4.68. The first-order chi connectivity index (χ1) is 9.39. The number of rotatable bonds is 3. The Bertz CT molecular complexity index is 375. The van der Waals surface area contributed by atoms with E-state index >= 15 is 0 Å². The van der Waals surface area contributed by atoms with Crippen LogP contribution in [0.5, 0.6) is 0 Å². The average molecular weight is 282 g/mol. The molecule has 0 spiro atoms. The van der Waals surface area contributed by atoms with Gasteiger partial charge in [-0.15, -0.1) is 0 Å². The highest BCUT2D eigenvalue weighted by atomic mass is 16.5. The molecule has 0 radical (unpaired) electrons. The van der Waals surface area contributed by atoms with Gasteiger partial charge in [0.2, 0.25) is 11.8 Å². The van der Waals surface area contributed by atoms with Crippen molar-refractivity contribution in [2.24, 2.45) is 5.92 Å². The summed E-state index contributed by atoms with van der Waals surface area (Å²) in [6.07, 6.45) is 4.38. The zero-order valence-corrected chi connectivity index (χ0v) is 12.8. The van der Waals surface area contributed by atoms with Crippen LogP contribution in [0.15, 0.2) is 0 Å². The minimum Gasteiger partial charge on any atom is -0.372 e. The molecule has 1 heterocycles. The molecule has 2 rings (SSSR count). The molecule has 20 heavy (non-hydrogen) atoms. The third-order valence-corrected chi connectivity index (χ3v) is 4.23. The van der Waals surface area contributed by atoms with Gasteiger partial charge in [0.1, 0.15) is 6.04 Å². The minimum absolute atomic E-state index is 0.0588. The Morgan fingerprint density at radius 2 is 1.95 bits per heavy atom. The zero-order chi connectivity index (χ0) is 14.8. The van der Waals surface area contributed by atoms with Crippen LogP contribution in [0.25, 0.3) is 0 Å². The second kappa shape index (κ2) is 6.12. The molecule has 1 aliphatic heterocycles. The highest BCUT2D eigenvalue weighted by molar-refractivity contribution is 5.87. The van der Waals surface area contributed by atoms with Gasteiger partial charge < -0.3 is 15.0 Å². The molecule has 1 saturated carbocycles. The quantitative estimate of drug-likeness (QED) is 0.849. The number of morpholine rings is 1. The molecule has 5 nitrogen and oxygen atoms in total. The standard InChI is InChI=1S/C15H26N2O3/c1-11(18)16-13(12-6-4-5-7-12)14(19)17-8-9-20-15(2,3)10-17/h12-13H,4-10H2,1-3H3,(H,16,18). The number of hydrogen-bond donors (Lipinski definition) is 1. The first-order valence-electron chi connectivity index (χ1n) is 7.59. The summed E-state index contributed by atoms with van der Waals surface area (Å²) < 4.78 is 5.65. The van der Waals surface area contributed by atoms with Gasteiger partial charge in [0.15, 0.2) is 0 Å². The molecule has 0 bridgehead atoms. The lowest BCUT2D eigenvalue weighted by Crippen LogP contribution is -2.57. The van der Waals surface area contributed by atoms with E-state index in [-0.39, 0.29) is 29.4 Å². The smallest absolute Gasteiger partial charge is 0.245 e. The summed E-state index contributed by atoms with van der Waals surface area (Å²) in [5.41, 5.74) is -0.301. The monoisotopic (exact) mass is 282 g/mol. The summed E-state index contributed by atoms with van der Waals surface area (Å²) in [5, 5.41) is 2.88. The van der Waals surface area contributed by atoms with Crippen LogP contribution >= 0.6 is 0 Å². The number of nitrogens with one attached hydrogen (secondary N) is 1. The van der Waals surface area contributed by atoms with Crippen molar-refractivity contribution < 1.29 is 14.3 Å². The van der Waals surface area contributed by atoms with E-state index in [4.69, 9.17) is 4.74 Å². The van der Waals surface area contributed by atoms with Gasteiger partial charge >= 0.3 is 0 Å². The van der Waals surface area contributed by atoms with E-state index in [1.807, 2.05) is 18.7 Å². The summed E-state index contributed by atoms with van der Waals surface area (Å²) in [4.78, 5) is 26.0. The van der Waals surface area contributed by atoms with Crippen LogP contribution in [0.1, 0.15) is 46.5 Å². The van der Waals surface area contributed by atoms with Crippen molar-refractivity contribution in [1.82, 2.24) is 10.2 Å². The maximum Gasteiger partial charge on any atom is 0.245 e. The van der Waals surface area contributed by atoms with E-state index in [2.05, 4.69) is 5.32 Å². The molecule has 2 fully saturated rings. The zero-order valence-electron chi connectivity index (χ0n) is 12.8. The second-order valence-electron chi connectivity index (χ2n) is 6.59. The van der Waals surface area contributed by atoms with Crippen molar-refractivity contribution in [3.8, 4) is 0 Å². The predicted molar refractivity (Wildman–Crippen MR) is 76.2 cm³/mol. The van der Waals surface area contributed by atoms with Crippen molar-refractivity contribution >= 4 is 11.8 Å². The first-order valence-corrected chi connectivity index (χ1v) is 7.59. The summed E-state index contributed by atoms with van der Waals surface area (Å²) in [5.74, 6) is 0.226. The number of nitrogens with zero attached hydrogens (tertiary/aromatic N) is 1. The molecule has 1 N–H and O–H groups in total. The normalized spacial score (nSPS) is 24.4. The minimum atomic E-state index is -0.358. The van der Waals surface area contributed by atoms with Gasteiger partial charge in [-0.2, -0.15) is 0 Å². The lowest BCUT2D eigenvalue weighted by Gasteiger charge is -2.40. The summed E-state index contributed by atoms with van der Waals surface area (Å²) in [7, 11) is 0. The third-order valence-electron chi connectivity index (χ3n) is 4.23. The molecule has 114 valence electrons. The van der Waals surface area contributed by atoms with Crippen LogP contribution in [-0.2, 0) is 14.3 Å². The van der Waals surface area contributed by atoms with Crippen LogP contribution in [0, 0.1) is 5.92 Å². The Hall–Kier alpha value is -1.10. The van der Waals surface area contributed by atoms with Gasteiger partial charge in [0, 0.05) is 20.0 Å². The molecule has 0 aromatic carbocycles. The van der Waals surface area contributed by atoms with Crippen molar-refractivity contribution in [2.75, 3.05) is 19.7 Å². The van der Waals surface area contributed by atoms with Gasteiger partial charge in [0.25, 0.3) is 0 Å². The van der Waals surface area contributed by atoms with Crippen LogP contribution in [0.4, 0.5) is 0 Å². The molecule has 2 aliphatic rings. The van der Waals surface area contributed by atoms with Gasteiger partial charge in [-0.3, -0.25) is 9.59 Å². The van der Waals surface area contributed by atoms with Crippen LogP contribution in [0.3, 0.4) is 0 Å². The fraction of sp³-hybridized carbons (Fsp3) is 0.867. The maximum absolute atomic E-state index is 12.8. The Morgan fingerprint density at radius 1 is 1.30 bits per heavy atom. The number of carbonyl (C=O) groups excluding carboxylic acids is 2. The van der Waals surface area contributed by atoms with Crippen LogP contribution < -0.4 is 5.32 Å². The number of ether oxygens (including phenoxy) is 1. The lowest BCUT2D eigenvalue weighted by atomic mass is 9.95. The number of carbonyl (C=O) groups is 2. The van der Waals surface area contributed by atoms with E-state index in [1.165, 1.54) is 6.92 Å². The Labute approximate surface area is 121 Å². The molecular formula is C15H26N2O3. The van der Waals surface area contributed by atoms with Crippen molar-refractivity contribution in [3.05, 3.63) is 0 Å². The van der Waals surface area contributed by atoms with Gasteiger partial charge in [-0.1, -0.05) is 12.8 Å². The molecule has 1 saturated heterocycles. The Balaban J connectivity index is 2.06. The molecule has 0 aromatic rings. The summed E-state index contributed by atoms with van der Waals surface area (Å²) in [6.45, 7) is 7.25. The van der Waals surface area contributed by atoms with E-state index in [0.717, 1.165) is 25.7 Å². The Morgan fingerprint density at radius 3 is 2.50 bits per heavy atom. The fourth-order valence-electron chi connectivity index (χ4n) is 3.29. The molecule has 2 amide bonds. The highest BCUT2D eigenvalue weighted by Gasteiger charge is 2.37. The third kappa shape index (κ3) is 3.72. The first kappa shape index (κ1) is 15.3. The van der Waals surface area contributed by atoms with Gasteiger partial charge in [0.05, 0.1) is 12.2 Å². The second-order valence-corrected chi connectivity index (χ2v) is 6.59. The largest absolute Gasteiger partial charge is 0.372 e. The van der Waals surface area contributed by atoms with Gasteiger partial charge in [-0.05, 0) is 32.6 Å². The summed E-state index contributed by atoms with van der Waals surface area (Å²) >= 11 is 0. The van der Waals surface area contributed by atoms with Crippen molar-refractivity contribution in [2.45, 2.75) is 58.1 Å².